The van der Waals surface area contributed by atoms with Crippen LogP contribution in [0, 0.1) is 0 Å². The number of amides is 3. The first-order valence-corrected chi connectivity index (χ1v) is 12.2. The Kier molecular flexibility index (Phi) is 10.3. The number of hydrogen-bond acceptors (Lipinski definition) is 6. The largest absolute Gasteiger partial charge is 0.463 e. The van der Waals surface area contributed by atoms with Gasteiger partial charge in [0, 0.05) is 48.6 Å². The molecule has 0 radical (unpaired) electrons. The van der Waals surface area contributed by atoms with Crippen LogP contribution >= 0.6 is 0 Å². The molecule has 3 amide bonds. The van der Waals surface area contributed by atoms with Crippen molar-refractivity contribution >= 4 is 23.7 Å². The molecule has 2 heterocycles. The van der Waals surface area contributed by atoms with E-state index in [9.17, 15) is 19.2 Å². The number of ether oxygens (including phenoxy) is 1. The van der Waals surface area contributed by atoms with Gasteiger partial charge in [-0.1, -0.05) is 36.4 Å². The van der Waals surface area contributed by atoms with Gasteiger partial charge >= 0.3 is 5.97 Å². The van der Waals surface area contributed by atoms with Crippen LogP contribution in [-0.2, 0) is 25.5 Å². The maximum absolute atomic E-state index is 13.4. The van der Waals surface area contributed by atoms with Gasteiger partial charge in [0.1, 0.15) is 11.7 Å². The number of esters is 1. The first-order valence-electron chi connectivity index (χ1n) is 12.2. The number of rotatable bonds is 13. The van der Waals surface area contributed by atoms with Crippen molar-refractivity contribution in [1.82, 2.24) is 20.6 Å². The van der Waals surface area contributed by atoms with Crippen molar-refractivity contribution in [1.29, 1.82) is 0 Å². The van der Waals surface area contributed by atoms with E-state index in [4.69, 9.17) is 10.5 Å². The highest BCUT2D eigenvalue weighted by Crippen LogP contribution is 2.17. The van der Waals surface area contributed by atoms with Crippen molar-refractivity contribution < 1.29 is 23.9 Å². The van der Waals surface area contributed by atoms with Crippen LogP contribution in [-0.4, -0.2) is 52.3 Å². The second kappa shape index (κ2) is 14.1. The molecule has 198 valence electrons. The number of nitrogens with zero attached hydrogens (tertiary/aromatic N) is 1. The third kappa shape index (κ3) is 8.74. The van der Waals surface area contributed by atoms with E-state index in [-0.39, 0.29) is 31.6 Å². The molecular weight excluding hydrogens is 486 g/mol. The highest BCUT2D eigenvalue weighted by Gasteiger charge is 2.24. The van der Waals surface area contributed by atoms with E-state index in [1.165, 1.54) is 12.2 Å². The monoisotopic (exact) mass is 517 g/mol. The van der Waals surface area contributed by atoms with Gasteiger partial charge in [-0.2, -0.15) is 0 Å². The molecule has 0 unspecified atom stereocenters. The number of aromatic nitrogens is 2. The SMILES string of the molecule is CCOC(=O)/C=C/[C@@H](CCC(N)=O)NC(=O)[C@@H](Cc1ccccc1)NC(=O)c1ccc(-c2ccncc2)[nH]1. The number of hydrogen-bond donors (Lipinski definition) is 4. The number of nitrogens with two attached hydrogens (primary N) is 1. The van der Waals surface area contributed by atoms with Crippen molar-refractivity contribution in [2.75, 3.05) is 6.61 Å². The van der Waals surface area contributed by atoms with Crippen molar-refractivity contribution in [3.05, 3.63) is 90.4 Å². The molecule has 0 saturated carbocycles. The maximum Gasteiger partial charge on any atom is 0.330 e. The molecule has 0 aliphatic rings. The summed E-state index contributed by atoms with van der Waals surface area (Å²) in [5, 5.41) is 5.60. The normalized spacial score (nSPS) is 12.4. The van der Waals surface area contributed by atoms with Gasteiger partial charge < -0.3 is 26.1 Å². The zero-order chi connectivity index (χ0) is 27.3. The molecule has 1 aromatic carbocycles. The average molecular weight is 518 g/mol. The number of carbonyl (C=O) groups is 4. The number of benzene rings is 1. The Labute approximate surface area is 220 Å². The van der Waals surface area contributed by atoms with E-state index >= 15 is 0 Å². The van der Waals surface area contributed by atoms with Gasteiger partial charge in [0.15, 0.2) is 0 Å². The summed E-state index contributed by atoms with van der Waals surface area (Å²) >= 11 is 0. The van der Waals surface area contributed by atoms with E-state index in [1.807, 2.05) is 42.5 Å². The molecule has 3 rings (SSSR count). The number of pyridine rings is 1. The van der Waals surface area contributed by atoms with Crippen LogP contribution in [0.4, 0.5) is 0 Å². The minimum absolute atomic E-state index is 0.00587. The van der Waals surface area contributed by atoms with E-state index in [2.05, 4.69) is 20.6 Å². The van der Waals surface area contributed by atoms with Crippen LogP contribution in [0.15, 0.2) is 79.1 Å². The van der Waals surface area contributed by atoms with Crippen LogP contribution in [0.25, 0.3) is 11.3 Å². The van der Waals surface area contributed by atoms with Crippen LogP contribution in [0.3, 0.4) is 0 Å². The average Bonchev–Trinajstić information content (AvgIpc) is 3.41. The van der Waals surface area contributed by atoms with Gasteiger partial charge in [0.2, 0.25) is 11.8 Å². The summed E-state index contributed by atoms with van der Waals surface area (Å²) in [4.78, 5) is 56.7. The smallest absolute Gasteiger partial charge is 0.330 e. The molecule has 0 fully saturated rings. The third-order valence-corrected chi connectivity index (χ3v) is 5.61. The summed E-state index contributed by atoms with van der Waals surface area (Å²) in [6.45, 7) is 1.88. The van der Waals surface area contributed by atoms with E-state index in [1.54, 1.807) is 31.5 Å². The maximum atomic E-state index is 13.4. The van der Waals surface area contributed by atoms with Crippen LogP contribution in [0.1, 0.15) is 35.8 Å². The van der Waals surface area contributed by atoms with Gasteiger partial charge in [-0.3, -0.25) is 19.4 Å². The number of H-pyrrole nitrogens is 1. The summed E-state index contributed by atoms with van der Waals surface area (Å²) in [5.74, 6) is -2.06. The van der Waals surface area contributed by atoms with E-state index < -0.39 is 35.8 Å². The van der Waals surface area contributed by atoms with Gasteiger partial charge in [-0.25, -0.2) is 4.79 Å². The van der Waals surface area contributed by atoms with Crippen LogP contribution < -0.4 is 16.4 Å². The molecule has 5 N–H and O–H groups in total. The summed E-state index contributed by atoms with van der Waals surface area (Å²) < 4.78 is 4.89. The zero-order valence-electron chi connectivity index (χ0n) is 21.1. The quantitative estimate of drug-likeness (QED) is 0.201. The minimum atomic E-state index is -0.940. The number of primary amides is 1. The number of aromatic amines is 1. The molecule has 0 saturated heterocycles. The highest BCUT2D eigenvalue weighted by atomic mass is 16.5. The molecule has 10 heteroatoms. The molecular formula is C28H31N5O5. The second-order valence-corrected chi connectivity index (χ2v) is 8.47. The molecule has 0 aliphatic carbocycles. The Morgan fingerprint density at radius 3 is 2.45 bits per heavy atom. The fourth-order valence-electron chi connectivity index (χ4n) is 3.71. The van der Waals surface area contributed by atoms with Crippen molar-refractivity contribution in [2.24, 2.45) is 5.73 Å². The Bertz CT molecular complexity index is 1260. The van der Waals surface area contributed by atoms with Gasteiger partial charge in [-0.05, 0) is 43.2 Å². The lowest BCUT2D eigenvalue weighted by Crippen LogP contribution is -2.50. The molecule has 2 aromatic heterocycles. The first kappa shape index (κ1) is 27.9. The lowest BCUT2D eigenvalue weighted by molar-refractivity contribution is -0.137. The Balaban J connectivity index is 1.78. The summed E-state index contributed by atoms with van der Waals surface area (Å²) in [6.07, 6.45) is 6.35. The van der Waals surface area contributed by atoms with Crippen molar-refractivity contribution in [3.8, 4) is 11.3 Å². The highest BCUT2D eigenvalue weighted by molar-refractivity contribution is 5.97. The summed E-state index contributed by atoms with van der Waals surface area (Å²) in [7, 11) is 0. The number of carbonyl (C=O) groups excluding carboxylic acids is 4. The molecule has 38 heavy (non-hydrogen) atoms. The molecule has 0 spiro atoms. The van der Waals surface area contributed by atoms with Gasteiger partial charge in [0.05, 0.1) is 6.61 Å². The topological polar surface area (TPSA) is 156 Å². The first-order chi connectivity index (χ1) is 18.4. The Morgan fingerprint density at radius 2 is 1.76 bits per heavy atom. The Hall–Kier alpha value is -4.73. The molecule has 10 nitrogen and oxygen atoms in total. The van der Waals surface area contributed by atoms with Crippen molar-refractivity contribution in [2.45, 2.75) is 38.3 Å². The standard InChI is InChI=1S/C28H31N5O5/c1-2-38-26(35)13-9-21(8-12-25(29)34)31-28(37)24(18-19-6-4-3-5-7-19)33-27(36)23-11-10-22(32-23)20-14-16-30-17-15-20/h3-7,9-11,13-17,21,24,32H,2,8,12,18H2,1H3,(H2,29,34)(H,31,37)(H,33,36)/b13-9+/t21-,24-/m1/s1. The third-order valence-electron chi connectivity index (χ3n) is 5.61. The molecule has 0 aliphatic heterocycles. The summed E-state index contributed by atoms with van der Waals surface area (Å²) in [5.41, 5.74) is 8.01. The fourth-order valence-corrected chi connectivity index (χ4v) is 3.71. The van der Waals surface area contributed by atoms with Gasteiger partial charge in [-0.15, -0.1) is 0 Å². The lowest BCUT2D eigenvalue weighted by Gasteiger charge is -2.22. The lowest BCUT2D eigenvalue weighted by atomic mass is 10.0. The second-order valence-electron chi connectivity index (χ2n) is 8.47. The zero-order valence-corrected chi connectivity index (χ0v) is 21.1. The number of nitrogens with one attached hydrogen (secondary N) is 3. The van der Waals surface area contributed by atoms with Gasteiger partial charge in [0.25, 0.3) is 5.91 Å². The fraction of sp³-hybridized carbons (Fsp3) is 0.250. The minimum Gasteiger partial charge on any atom is -0.463 e. The van der Waals surface area contributed by atoms with Crippen LogP contribution in [0.2, 0.25) is 0 Å². The molecule has 2 atom stereocenters. The van der Waals surface area contributed by atoms with E-state index in [0.29, 0.717) is 0 Å². The Morgan fingerprint density at radius 1 is 1.03 bits per heavy atom. The summed E-state index contributed by atoms with van der Waals surface area (Å²) in [6, 6.07) is 14.7. The van der Waals surface area contributed by atoms with E-state index in [0.717, 1.165) is 16.8 Å². The predicted molar refractivity (Wildman–Crippen MR) is 142 cm³/mol. The molecule has 3 aromatic rings. The molecule has 0 bridgehead atoms. The van der Waals surface area contributed by atoms with Crippen molar-refractivity contribution in [3.63, 3.8) is 0 Å². The van der Waals surface area contributed by atoms with Crippen LogP contribution in [0.5, 0.6) is 0 Å². The predicted octanol–water partition coefficient (Wildman–Crippen LogP) is 2.29.